The fraction of sp³-hybridized carbons (Fsp3) is 0.750. The summed E-state index contributed by atoms with van der Waals surface area (Å²) in [6.07, 6.45) is 3.73. The van der Waals surface area contributed by atoms with Gasteiger partial charge in [0.1, 0.15) is 18.0 Å². The lowest BCUT2D eigenvalue weighted by Crippen LogP contribution is -2.42. The highest BCUT2D eigenvalue weighted by atomic mass is 16.5. The quantitative estimate of drug-likeness (QED) is 0.793. The molecule has 7 nitrogen and oxygen atoms in total. The molecule has 0 aliphatic carbocycles. The lowest BCUT2D eigenvalue weighted by atomic mass is 10.2. The van der Waals surface area contributed by atoms with Crippen LogP contribution >= 0.6 is 0 Å². The van der Waals surface area contributed by atoms with Gasteiger partial charge in [-0.05, 0) is 19.8 Å². The van der Waals surface area contributed by atoms with Gasteiger partial charge in [0.25, 0.3) is 0 Å². The molecule has 23 heavy (non-hydrogen) atoms. The summed E-state index contributed by atoms with van der Waals surface area (Å²) in [4.78, 5) is 13.3. The molecule has 7 heteroatoms. The monoisotopic (exact) mass is 321 g/mol. The third kappa shape index (κ3) is 4.31. The van der Waals surface area contributed by atoms with Gasteiger partial charge >= 0.3 is 0 Å². The van der Waals surface area contributed by atoms with E-state index in [0.29, 0.717) is 6.04 Å². The molecule has 128 valence electrons. The Morgan fingerprint density at radius 1 is 1.35 bits per heavy atom. The molecule has 0 bridgehead atoms. The molecule has 0 amide bonds. The fourth-order valence-electron chi connectivity index (χ4n) is 3.38. The van der Waals surface area contributed by atoms with Crippen molar-refractivity contribution in [2.24, 2.45) is 0 Å². The molecule has 2 atom stereocenters. The average molecular weight is 321 g/mol. The van der Waals surface area contributed by atoms with Crippen molar-refractivity contribution in [3.63, 3.8) is 0 Å². The van der Waals surface area contributed by atoms with Gasteiger partial charge in [-0.2, -0.15) is 0 Å². The van der Waals surface area contributed by atoms with Crippen LogP contribution in [0.1, 0.15) is 19.8 Å². The number of ether oxygens (including phenoxy) is 1. The number of nitrogens with one attached hydrogen (secondary N) is 1. The van der Waals surface area contributed by atoms with Crippen LogP contribution in [-0.4, -0.2) is 78.1 Å². The first-order valence-corrected chi connectivity index (χ1v) is 8.52. The molecule has 2 aliphatic heterocycles. The summed E-state index contributed by atoms with van der Waals surface area (Å²) in [6, 6.07) is 2.48. The van der Waals surface area contributed by atoms with E-state index in [1.165, 1.54) is 0 Å². The number of rotatable bonds is 6. The molecule has 3 heterocycles. The van der Waals surface area contributed by atoms with Crippen molar-refractivity contribution in [1.82, 2.24) is 14.9 Å². The third-order valence-electron chi connectivity index (χ3n) is 4.56. The van der Waals surface area contributed by atoms with Crippen LogP contribution < -0.4 is 10.2 Å². The van der Waals surface area contributed by atoms with E-state index in [-0.39, 0.29) is 12.6 Å². The largest absolute Gasteiger partial charge is 0.394 e. The highest BCUT2D eigenvalue weighted by Crippen LogP contribution is 2.24. The number of hydrogen-bond acceptors (Lipinski definition) is 7. The first-order valence-electron chi connectivity index (χ1n) is 8.52. The van der Waals surface area contributed by atoms with Gasteiger partial charge in [0, 0.05) is 38.3 Å². The van der Waals surface area contributed by atoms with Gasteiger partial charge in [-0.1, -0.05) is 0 Å². The van der Waals surface area contributed by atoms with Crippen LogP contribution in [-0.2, 0) is 4.74 Å². The van der Waals surface area contributed by atoms with E-state index in [9.17, 15) is 5.11 Å². The number of morpholine rings is 1. The smallest absolute Gasteiger partial charge is 0.134 e. The van der Waals surface area contributed by atoms with Crippen molar-refractivity contribution in [1.29, 1.82) is 0 Å². The maximum Gasteiger partial charge on any atom is 0.134 e. The summed E-state index contributed by atoms with van der Waals surface area (Å²) in [5.41, 5.74) is 0. The Kier molecular flexibility index (Phi) is 5.64. The Hall–Kier alpha value is -1.44. The maximum atomic E-state index is 9.48. The Balaban J connectivity index is 1.58. The van der Waals surface area contributed by atoms with E-state index in [0.717, 1.165) is 63.9 Å². The normalized spacial score (nSPS) is 23.9. The Morgan fingerprint density at radius 3 is 2.96 bits per heavy atom. The first-order chi connectivity index (χ1) is 11.3. The Bertz CT molecular complexity index is 495. The number of anilines is 2. The zero-order valence-corrected chi connectivity index (χ0v) is 13.8. The fourth-order valence-corrected chi connectivity index (χ4v) is 3.38. The number of hydrogen-bond donors (Lipinski definition) is 2. The minimum absolute atomic E-state index is 0.181. The average Bonchev–Trinajstić information content (AvgIpc) is 3.04. The van der Waals surface area contributed by atoms with Crippen LogP contribution in [0.25, 0.3) is 0 Å². The molecular formula is C16H27N5O2. The highest BCUT2D eigenvalue weighted by molar-refractivity contribution is 5.50. The lowest BCUT2D eigenvalue weighted by molar-refractivity contribution is 0.0368. The van der Waals surface area contributed by atoms with Gasteiger partial charge in [0.15, 0.2) is 0 Å². The zero-order valence-electron chi connectivity index (χ0n) is 13.8. The maximum absolute atomic E-state index is 9.48. The molecule has 2 N–H and O–H groups in total. The van der Waals surface area contributed by atoms with Crippen LogP contribution in [0.3, 0.4) is 0 Å². The molecule has 2 fully saturated rings. The minimum atomic E-state index is 0.181. The SMILES string of the molecule is C[C@H](CN1CCOCC1)Nc1cc(N2CCC[C@@H]2CO)ncn1. The molecule has 2 saturated heterocycles. The van der Waals surface area contributed by atoms with Gasteiger partial charge in [0.2, 0.25) is 0 Å². The van der Waals surface area contributed by atoms with Crippen molar-refractivity contribution >= 4 is 11.6 Å². The van der Waals surface area contributed by atoms with Crippen LogP contribution in [0.5, 0.6) is 0 Å². The summed E-state index contributed by atoms with van der Waals surface area (Å²) in [5.74, 6) is 1.75. The molecule has 3 rings (SSSR count). The predicted molar refractivity (Wildman–Crippen MR) is 89.8 cm³/mol. The van der Waals surface area contributed by atoms with Gasteiger partial charge in [0.05, 0.1) is 25.9 Å². The highest BCUT2D eigenvalue weighted by Gasteiger charge is 2.25. The zero-order chi connectivity index (χ0) is 16.1. The van der Waals surface area contributed by atoms with E-state index in [2.05, 4.69) is 32.0 Å². The van der Waals surface area contributed by atoms with Crippen molar-refractivity contribution in [3.05, 3.63) is 12.4 Å². The predicted octanol–water partition coefficient (Wildman–Crippen LogP) is 0.570. The molecule has 1 aromatic heterocycles. The molecule has 0 saturated carbocycles. The van der Waals surface area contributed by atoms with Gasteiger partial charge in [-0.15, -0.1) is 0 Å². The van der Waals surface area contributed by atoms with Crippen LogP contribution in [0.15, 0.2) is 12.4 Å². The number of aliphatic hydroxyl groups is 1. The Labute approximate surface area is 137 Å². The van der Waals surface area contributed by atoms with Crippen molar-refractivity contribution < 1.29 is 9.84 Å². The van der Waals surface area contributed by atoms with E-state index in [1.807, 2.05) is 6.07 Å². The molecule has 0 spiro atoms. The topological polar surface area (TPSA) is 73.8 Å². The summed E-state index contributed by atoms with van der Waals surface area (Å²) < 4.78 is 5.38. The Morgan fingerprint density at radius 2 is 2.17 bits per heavy atom. The minimum Gasteiger partial charge on any atom is -0.394 e. The summed E-state index contributed by atoms with van der Waals surface area (Å²) in [6.45, 7) is 7.91. The van der Waals surface area contributed by atoms with Crippen molar-refractivity contribution in [2.45, 2.75) is 31.8 Å². The summed E-state index contributed by atoms with van der Waals surface area (Å²) >= 11 is 0. The second kappa shape index (κ2) is 7.90. The lowest BCUT2D eigenvalue weighted by Gasteiger charge is -2.29. The van der Waals surface area contributed by atoms with Gasteiger partial charge in [-0.3, -0.25) is 4.90 Å². The molecule has 2 aliphatic rings. The molecule has 0 radical (unpaired) electrons. The van der Waals surface area contributed by atoms with E-state index in [1.54, 1.807) is 6.33 Å². The number of nitrogens with zero attached hydrogens (tertiary/aromatic N) is 4. The molecule has 0 unspecified atom stereocenters. The van der Waals surface area contributed by atoms with Crippen LogP contribution in [0.2, 0.25) is 0 Å². The molecular weight excluding hydrogens is 294 g/mol. The number of aromatic nitrogens is 2. The van der Waals surface area contributed by atoms with Gasteiger partial charge < -0.3 is 20.1 Å². The van der Waals surface area contributed by atoms with Crippen LogP contribution in [0, 0.1) is 0 Å². The van der Waals surface area contributed by atoms with Crippen molar-refractivity contribution in [2.75, 3.05) is 56.2 Å². The standard InChI is InChI=1S/C16H27N5O2/c1-13(10-20-5-7-23-8-6-20)19-15-9-16(18-12-17-15)21-4-2-3-14(21)11-22/h9,12-14,22H,2-8,10-11H2,1H3,(H,17,18,19)/t13-,14-/m1/s1. The second-order valence-electron chi connectivity index (χ2n) is 6.39. The summed E-state index contributed by atoms with van der Waals surface area (Å²) in [5, 5.41) is 12.9. The summed E-state index contributed by atoms with van der Waals surface area (Å²) in [7, 11) is 0. The van der Waals surface area contributed by atoms with Crippen LogP contribution in [0.4, 0.5) is 11.6 Å². The van der Waals surface area contributed by atoms with Gasteiger partial charge in [-0.25, -0.2) is 9.97 Å². The molecule has 1 aromatic rings. The van der Waals surface area contributed by atoms with E-state index >= 15 is 0 Å². The first kappa shape index (κ1) is 16.4. The van der Waals surface area contributed by atoms with E-state index < -0.39 is 0 Å². The van der Waals surface area contributed by atoms with E-state index in [4.69, 9.17) is 4.74 Å². The molecule has 0 aromatic carbocycles. The second-order valence-corrected chi connectivity index (χ2v) is 6.39. The third-order valence-corrected chi connectivity index (χ3v) is 4.56. The number of aliphatic hydroxyl groups excluding tert-OH is 1. The van der Waals surface area contributed by atoms with Crippen molar-refractivity contribution in [3.8, 4) is 0 Å².